The smallest absolute Gasteiger partial charge is 0.335 e. The number of ether oxygens (including phenoxy) is 5. The molecule has 0 spiro atoms. The number of hydrogen-bond donors (Lipinski definition) is 2. The predicted octanol–water partition coefficient (Wildman–Crippen LogP) is 0.0172. The molecule has 0 fully saturated rings. The van der Waals surface area contributed by atoms with Gasteiger partial charge in [0.25, 0.3) is 0 Å². The molecule has 0 radical (unpaired) electrons. The highest BCUT2D eigenvalue weighted by molar-refractivity contribution is 5.72. The maximum atomic E-state index is 11.0. The van der Waals surface area contributed by atoms with Crippen LogP contribution in [0, 0.1) is 0 Å². The molecule has 0 amide bonds. The molecular formula is C14H26O9. The van der Waals surface area contributed by atoms with Crippen LogP contribution in [0.1, 0.15) is 13.3 Å². The molecular weight excluding hydrogens is 312 g/mol. The van der Waals surface area contributed by atoms with Crippen LogP contribution in [0.2, 0.25) is 0 Å². The van der Waals surface area contributed by atoms with Crippen LogP contribution in [0.15, 0.2) is 0 Å². The first-order valence-corrected chi connectivity index (χ1v) is 7.45. The molecule has 0 aromatic carbocycles. The molecule has 0 saturated heterocycles. The van der Waals surface area contributed by atoms with E-state index >= 15 is 0 Å². The van der Waals surface area contributed by atoms with E-state index in [0.717, 1.165) is 0 Å². The second kappa shape index (κ2) is 15.6. The maximum Gasteiger partial charge on any atom is 0.335 e. The van der Waals surface area contributed by atoms with Gasteiger partial charge in [-0.15, -0.1) is 0 Å². The largest absolute Gasteiger partial charge is 0.481 e. The summed E-state index contributed by atoms with van der Waals surface area (Å²) in [7, 11) is 0. The lowest BCUT2D eigenvalue weighted by atomic mass is 10.4. The molecule has 2 N–H and O–H groups in total. The Kier molecular flexibility index (Phi) is 14.8. The van der Waals surface area contributed by atoms with Gasteiger partial charge in [0, 0.05) is 6.61 Å². The third-order valence-corrected chi connectivity index (χ3v) is 2.50. The highest BCUT2D eigenvalue weighted by Gasteiger charge is 2.18. The van der Waals surface area contributed by atoms with Gasteiger partial charge < -0.3 is 33.9 Å². The average Bonchev–Trinajstić information content (AvgIpc) is 2.50. The van der Waals surface area contributed by atoms with Crippen molar-refractivity contribution in [1.82, 2.24) is 0 Å². The van der Waals surface area contributed by atoms with Crippen LogP contribution in [0.3, 0.4) is 0 Å². The fraction of sp³-hybridized carbons (Fsp3) is 0.857. The van der Waals surface area contributed by atoms with E-state index in [1.165, 1.54) is 0 Å². The number of hydrogen-bond acceptors (Lipinski definition) is 7. The van der Waals surface area contributed by atoms with Gasteiger partial charge in [-0.2, -0.15) is 0 Å². The molecule has 0 bridgehead atoms. The monoisotopic (exact) mass is 338 g/mol. The van der Waals surface area contributed by atoms with Gasteiger partial charge in [-0.25, -0.2) is 4.79 Å². The van der Waals surface area contributed by atoms with Crippen molar-refractivity contribution >= 4 is 11.9 Å². The van der Waals surface area contributed by atoms with Gasteiger partial charge in [0.05, 0.1) is 59.3 Å². The summed E-state index contributed by atoms with van der Waals surface area (Å²) in [5.41, 5.74) is 0. The molecule has 0 aromatic rings. The van der Waals surface area contributed by atoms with Crippen molar-refractivity contribution in [3.63, 3.8) is 0 Å². The molecule has 0 heterocycles. The summed E-state index contributed by atoms with van der Waals surface area (Å²) in [6.07, 6.45) is -1.20. The molecule has 0 aliphatic heterocycles. The quantitative estimate of drug-likeness (QED) is 0.353. The SMILES string of the molecule is CCOCCOCCOCC(OCCOCCC(=O)O)C(=O)O. The summed E-state index contributed by atoms with van der Waals surface area (Å²) < 4.78 is 25.6. The van der Waals surface area contributed by atoms with Crippen molar-refractivity contribution in [3.05, 3.63) is 0 Å². The van der Waals surface area contributed by atoms with Crippen LogP contribution in [0.25, 0.3) is 0 Å². The third kappa shape index (κ3) is 15.4. The molecule has 0 saturated carbocycles. The lowest BCUT2D eigenvalue weighted by molar-refractivity contribution is -0.156. The van der Waals surface area contributed by atoms with Crippen molar-refractivity contribution in [2.45, 2.75) is 19.4 Å². The fourth-order valence-corrected chi connectivity index (χ4v) is 1.37. The van der Waals surface area contributed by atoms with Crippen LogP contribution in [0.5, 0.6) is 0 Å². The van der Waals surface area contributed by atoms with Crippen molar-refractivity contribution in [1.29, 1.82) is 0 Å². The number of rotatable bonds is 17. The summed E-state index contributed by atoms with van der Waals surface area (Å²) in [4.78, 5) is 21.2. The third-order valence-electron chi connectivity index (χ3n) is 2.50. The molecule has 9 nitrogen and oxygen atoms in total. The predicted molar refractivity (Wildman–Crippen MR) is 78.6 cm³/mol. The van der Waals surface area contributed by atoms with Crippen molar-refractivity contribution in [2.24, 2.45) is 0 Å². The van der Waals surface area contributed by atoms with Gasteiger partial charge in [-0.3, -0.25) is 4.79 Å². The first-order chi connectivity index (χ1) is 11.1. The zero-order valence-corrected chi connectivity index (χ0v) is 13.4. The first-order valence-electron chi connectivity index (χ1n) is 7.45. The minimum Gasteiger partial charge on any atom is -0.481 e. The Morgan fingerprint density at radius 3 is 2.00 bits per heavy atom. The zero-order chi connectivity index (χ0) is 17.3. The Bertz CT molecular complexity index is 309. The lowest BCUT2D eigenvalue weighted by Gasteiger charge is -2.14. The second-order valence-corrected chi connectivity index (χ2v) is 4.34. The number of carboxylic acid groups (broad SMARTS) is 2. The van der Waals surface area contributed by atoms with Crippen molar-refractivity contribution in [2.75, 3.05) is 59.5 Å². The van der Waals surface area contributed by atoms with Gasteiger partial charge in [0.2, 0.25) is 0 Å². The van der Waals surface area contributed by atoms with Crippen LogP contribution < -0.4 is 0 Å². The van der Waals surface area contributed by atoms with E-state index in [0.29, 0.717) is 26.4 Å². The normalized spacial score (nSPS) is 12.2. The summed E-state index contributed by atoms with van der Waals surface area (Å²) >= 11 is 0. The standard InChI is InChI=1S/C14H26O9/c1-2-19-5-6-21-7-8-22-11-12(14(17)18)23-10-9-20-4-3-13(15)16/h12H,2-11H2,1H3,(H,15,16)(H,17,18). The van der Waals surface area contributed by atoms with Crippen molar-refractivity contribution < 1.29 is 43.5 Å². The van der Waals surface area contributed by atoms with E-state index in [2.05, 4.69) is 0 Å². The number of carboxylic acids is 2. The average molecular weight is 338 g/mol. The summed E-state index contributed by atoms with van der Waals surface area (Å²) in [5.74, 6) is -2.08. The molecule has 0 aliphatic carbocycles. The van der Waals surface area contributed by atoms with Crippen LogP contribution >= 0.6 is 0 Å². The van der Waals surface area contributed by atoms with Gasteiger partial charge in [0.1, 0.15) is 0 Å². The van der Waals surface area contributed by atoms with Crippen LogP contribution in [-0.2, 0) is 33.3 Å². The van der Waals surface area contributed by atoms with Gasteiger partial charge >= 0.3 is 11.9 Å². The summed E-state index contributed by atoms with van der Waals surface area (Å²) in [6, 6.07) is 0. The highest BCUT2D eigenvalue weighted by atomic mass is 16.6. The molecule has 1 atom stereocenters. The Morgan fingerprint density at radius 2 is 1.39 bits per heavy atom. The number of carbonyl (C=O) groups is 2. The van der Waals surface area contributed by atoms with E-state index < -0.39 is 18.0 Å². The van der Waals surface area contributed by atoms with Crippen LogP contribution in [0.4, 0.5) is 0 Å². The second-order valence-electron chi connectivity index (χ2n) is 4.34. The molecule has 9 heteroatoms. The fourth-order valence-electron chi connectivity index (χ4n) is 1.37. The highest BCUT2D eigenvalue weighted by Crippen LogP contribution is 1.95. The molecule has 23 heavy (non-hydrogen) atoms. The van der Waals surface area contributed by atoms with E-state index in [1.54, 1.807) is 0 Å². The van der Waals surface area contributed by atoms with Crippen molar-refractivity contribution in [3.8, 4) is 0 Å². The molecule has 136 valence electrons. The summed E-state index contributed by atoms with van der Waals surface area (Å²) in [6.45, 7) is 4.24. The molecule has 0 rings (SSSR count). The van der Waals surface area contributed by atoms with Crippen LogP contribution in [-0.4, -0.2) is 87.7 Å². The first kappa shape index (κ1) is 21.7. The zero-order valence-electron chi connectivity index (χ0n) is 13.4. The van der Waals surface area contributed by atoms with Gasteiger partial charge in [0.15, 0.2) is 6.10 Å². The molecule has 0 aliphatic rings. The van der Waals surface area contributed by atoms with E-state index in [-0.39, 0.29) is 39.5 Å². The summed E-state index contributed by atoms with van der Waals surface area (Å²) in [5, 5.41) is 17.4. The molecule has 0 aromatic heterocycles. The van der Waals surface area contributed by atoms with E-state index in [1.807, 2.05) is 6.92 Å². The lowest BCUT2D eigenvalue weighted by Crippen LogP contribution is -2.31. The maximum absolute atomic E-state index is 11.0. The Balaban J connectivity index is 3.55. The van der Waals surface area contributed by atoms with E-state index in [9.17, 15) is 9.59 Å². The Labute approximate surface area is 135 Å². The van der Waals surface area contributed by atoms with Gasteiger partial charge in [-0.05, 0) is 6.92 Å². The van der Waals surface area contributed by atoms with E-state index in [4.69, 9.17) is 33.9 Å². The minimum atomic E-state index is -1.13. The number of aliphatic carboxylic acids is 2. The topological polar surface area (TPSA) is 121 Å². The Hall–Kier alpha value is -1.26. The Morgan fingerprint density at radius 1 is 0.826 bits per heavy atom. The van der Waals surface area contributed by atoms with Gasteiger partial charge in [-0.1, -0.05) is 0 Å². The minimum absolute atomic E-state index is 0.0464. The molecule has 1 unspecified atom stereocenters.